The van der Waals surface area contributed by atoms with Gasteiger partial charge in [-0.05, 0) is 44.1 Å². The second-order valence-corrected chi connectivity index (χ2v) is 7.95. The number of aryl methyl sites for hydroxylation is 2. The first-order valence-corrected chi connectivity index (χ1v) is 9.83. The summed E-state index contributed by atoms with van der Waals surface area (Å²) in [5.74, 6) is 0.0456. The number of carbonyl (C=O) groups is 1. The zero-order chi connectivity index (χ0) is 16.5. The minimum absolute atomic E-state index is 0.0393. The first-order valence-electron chi connectivity index (χ1n) is 9.01. The Kier molecular flexibility index (Phi) is 4.39. The Morgan fingerprint density at radius 3 is 2.62 bits per heavy atom. The van der Waals surface area contributed by atoms with Gasteiger partial charge >= 0.3 is 0 Å². The van der Waals surface area contributed by atoms with Crippen molar-refractivity contribution < 1.29 is 4.79 Å². The van der Waals surface area contributed by atoms with E-state index >= 15 is 0 Å². The molecule has 0 bridgehead atoms. The lowest BCUT2D eigenvalue weighted by atomic mass is 9.97. The number of likely N-dealkylation sites (tertiary alicyclic amines) is 1. The third-order valence-electron chi connectivity index (χ3n) is 5.21. The predicted octanol–water partition coefficient (Wildman–Crippen LogP) is 2.74. The summed E-state index contributed by atoms with van der Waals surface area (Å²) in [7, 11) is 0. The van der Waals surface area contributed by atoms with Crippen molar-refractivity contribution in [2.75, 3.05) is 13.1 Å². The quantitative estimate of drug-likeness (QED) is 0.841. The summed E-state index contributed by atoms with van der Waals surface area (Å²) in [4.78, 5) is 34.0. The Balaban J connectivity index is 1.63. The lowest BCUT2D eigenvalue weighted by Crippen LogP contribution is -2.37. The molecule has 128 valence electrons. The Labute approximate surface area is 145 Å². The third-order valence-corrected chi connectivity index (χ3v) is 6.41. The topological polar surface area (TPSA) is 55.2 Å². The second kappa shape index (κ2) is 6.67. The van der Waals surface area contributed by atoms with Crippen LogP contribution in [0.3, 0.4) is 0 Å². The monoisotopic (exact) mass is 345 g/mol. The fraction of sp³-hybridized carbons (Fsp3) is 0.611. The lowest BCUT2D eigenvalue weighted by molar-refractivity contribution is -0.131. The van der Waals surface area contributed by atoms with Gasteiger partial charge in [-0.25, -0.2) is 4.98 Å². The fourth-order valence-corrected chi connectivity index (χ4v) is 5.08. The first-order chi connectivity index (χ1) is 11.7. The SMILES string of the molecule is O=C(Cn1cnc2sc3c(c2c1=O)CCCC3)N1CCCCCC1. The molecule has 0 unspecified atom stereocenters. The molecule has 4 rings (SSSR count). The highest BCUT2D eigenvalue weighted by Crippen LogP contribution is 2.33. The van der Waals surface area contributed by atoms with E-state index in [1.165, 1.54) is 34.3 Å². The maximum Gasteiger partial charge on any atom is 0.262 e. The van der Waals surface area contributed by atoms with Crippen LogP contribution < -0.4 is 5.56 Å². The van der Waals surface area contributed by atoms with Crippen LogP contribution in [-0.2, 0) is 24.2 Å². The molecule has 2 aromatic rings. The zero-order valence-electron chi connectivity index (χ0n) is 13.9. The molecule has 1 fully saturated rings. The Hall–Kier alpha value is -1.69. The van der Waals surface area contributed by atoms with E-state index in [2.05, 4.69) is 4.98 Å². The molecule has 0 N–H and O–H groups in total. The van der Waals surface area contributed by atoms with Gasteiger partial charge in [0.05, 0.1) is 11.7 Å². The normalized spacial score (nSPS) is 18.4. The number of fused-ring (bicyclic) bond motifs is 3. The number of carbonyl (C=O) groups excluding carboxylic acids is 1. The maximum atomic E-state index is 12.9. The van der Waals surface area contributed by atoms with Crippen LogP contribution in [0.5, 0.6) is 0 Å². The van der Waals surface area contributed by atoms with Crippen molar-refractivity contribution in [2.24, 2.45) is 0 Å². The molecule has 0 aromatic carbocycles. The Morgan fingerprint density at radius 2 is 1.83 bits per heavy atom. The summed E-state index contributed by atoms with van der Waals surface area (Å²) in [5.41, 5.74) is 1.15. The Bertz CT molecular complexity index is 816. The molecule has 1 amide bonds. The number of hydrogen-bond acceptors (Lipinski definition) is 4. The Morgan fingerprint density at radius 1 is 1.08 bits per heavy atom. The van der Waals surface area contributed by atoms with Crippen LogP contribution >= 0.6 is 11.3 Å². The molecule has 1 aliphatic carbocycles. The van der Waals surface area contributed by atoms with Crippen LogP contribution in [0.4, 0.5) is 0 Å². The summed E-state index contributed by atoms with van der Waals surface area (Å²) >= 11 is 1.65. The van der Waals surface area contributed by atoms with Gasteiger partial charge < -0.3 is 4.90 Å². The molecule has 3 heterocycles. The minimum Gasteiger partial charge on any atom is -0.341 e. The fourth-order valence-electron chi connectivity index (χ4n) is 3.86. The van der Waals surface area contributed by atoms with E-state index < -0.39 is 0 Å². The summed E-state index contributed by atoms with van der Waals surface area (Å²) in [6, 6.07) is 0. The van der Waals surface area contributed by atoms with Crippen LogP contribution in [0.2, 0.25) is 0 Å². The molecule has 0 spiro atoms. The van der Waals surface area contributed by atoms with Gasteiger partial charge in [0.15, 0.2) is 0 Å². The van der Waals surface area contributed by atoms with Gasteiger partial charge in [-0.15, -0.1) is 11.3 Å². The number of aromatic nitrogens is 2. The van der Waals surface area contributed by atoms with E-state index in [9.17, 15) is 9.59 Å². The summed E-state index contributed by atoms with van der Waals surface area (Å²) in [5, 5.41) is 0.765. The van der Waals surface area contributed by atoms with E-state index in [0.717, 1.165) is 55.4 Å². The average Bonchev–Trinajstić information content (AvgIpc) is 2.77. The second-order valence-electron chi connectivity index (χ2n) is 6.86. The molecule has 2 aromatic heterocycles. The molecule has 0 saturated carbocycles. The summed E-state index contributed by atoms with van der Waals surface area (Å²) < 4.78 is 1.51. The molecule has 1 aliphatic heterocycles. The van der Waals surface area contributed by atoms with Gasteiger partial charge in [0.1, 0.15) is 11.4 Å². The molecule has 5 nitrogen and oxygen atoms in total. The van der Waals surface area contributed by atoms with Crippen molar-refractivity contribution >= 4 is 27.5 Å². The van der Waals surface area contributed by atoms with Gasteiger partial charge in [-0.2, -0.15) is 0 Å². The van der Waals surface area contributed by atoms with Crippen molar-refractivity contribution in [1.29, 1.82) is 0 Å². The molecular formula is C18H23N3O2S. The van der Waals surface area contributed by atoms with Gasteiger partial charge in [-0.3, -0.25) is 14.2 Å². The first kappa shape index (κ1) is 15.8. The van der Waals surface area contributed by atoms with Crippen molar-refractivity contribution in [3.63, 3.8) is 0 Å². The minimum atomic E-state index is -0.0393. The van der Waals surface area contributed by atoms with Crippen molar-refractivity contribution in [3.8, 4) is 0 Å². The standard InChI is InChI=1S/C18H23N3O2S/c22-15(20-9-5-1-2-6-10-20)11-21-12-19-17-16(18(21)23)13-7-3-4-8-14(13)24-17/h12H,1-11H2. The van der Waals surface area contributed by atoms with E-state index in [-0.39, 0.29) is 18.0 Å². The van der Waals surface area contributed by atoms with Crippen LogP contribution in [0, 0.1) is 0 Å². The van der Waals surface area contributed by atoms with Crippen molar-refractivity contribution in [2.45, 2.75) is 57.9 Å². The molecule has 2 aliphatic rings. The van der Waals surface area contributed by atoms with Gasteiger partial charge in [0.25, 0.3) is 5.56 Å². The summed E-state index contributed by atoms with van der Waals surface area (Å²) in [6.45, 7) is 1.75. The molecule has 1 saturated heterocycles. The van der Waals surface area contributed by atoms with Gasteiger partial charge in [0.2, 0.25) is 5.91 Å². The molecule has 24 heavy (non-hydrogen) atoms. The smallest absolute Gasteiger partial charge is 0.262 e. The summed E-state index contributed by atoms with van der Waals surface area (Å²) in [6.07, 6.45) is 10.4. The van der Waals surface area contributed by atoms with E-state index in [4.69, 9.17) is 0 Å². The predicted molar refractivity (Wildman–Crippen MR) is 95.6 cm³/mol. The number of rotatable bonds is 2. The highest BCUT2D eigenvalue weighted by atomic mass is 32.1. The van der Waals surface area contributed by atoms with E-state index in [1.54, 1.807) is 17.7 Å². The van der Waals surface area contributed by atoms with Gasteiger partial charge in [-0.1, -0.05) is 12.8 Å². The number of nitrogens with zero attached hydrogens (tertiary/aromatic N) is 3. The zero-order valence-corrected chi connectivity index (χ0v) is 14.7. The molecule has 0 radical (unpaired) electrons. The number of thiophene rings is 1. The van der Waals surface area contributed by atoms with Gasteiger partial charge in [0, 0.05) is 18.0 Å². The van der Waals surface area contributed by atoms with Crippen LogP contribution in [0.1, 0.15) is 49.0 Å². The van der Waals surface area contributed by atoms with Crippen LogP contribution in [0.15, 0.2) is 11.1 Å². The lowest BCUT2D eigenvalue weighted by Gasteiger charge is -2.20. The largest absolute Gasteiger partial charge is 0.341 e. The van der Waals surface area contributed by atoms with E-state index in [1.807, 2.05) is 4.90 Å². The van der Waals surface area contributed by atoms with Crippen LogP contribution in [-0.4, -0.2) is 33.4 Å². The van der Waals surface area contributed by atoms with Crippen molar-refractivity contribution in [3.05, 3.63) is 27.1 Å². The average molecular weight is 345 g/mol. The van der Waals surface area contributed by atoms with Crippen LogP contribution in [0.25, 0.3) is 10.2 Å². The molecular weight excluding hydrogens is 322 g/mol. The highest BCUT2D eigenvalue weighted by molar-refractivity contribution is 7.18. The van der Waals surface area contributed by atoms with Crippen molar-refractivity contribution in [1.82, 2.24) is 14.5 Å². The molecule has 0 atom stereocenters. The third kappa shape index (κ3) is 2.88. The van der Waals surface area contributed by atoms with E-state index in [0.29, 0.717) is 0 Å². The number of hydrogen-bond donors (Lipinski definition) is 0. The maximum absolute atomic E-state index is 12.9. The number of amides is 1. The highest BCUT2D eigenvalue weighted by Gasteiger charge is 2.21. The molecule has 6 heteroatoms.